The maximum Gasteiger partial charge on any atom is 0.302 e. The average Bonchev–Trinajstić information content (AvgIpc) is 1.95. The van der Waals surface area contributed by atoms with E-state index in [-0.39, 0.29) is 25.4 Å². The summed E-state index contributed by atoms with van der Waals surface area (Å²) in [7, 11) is 0. The van der Waals surface area contributed by atoms with Gasteiger partial charge in [-0.25, -0.2) is 0 Å². The first kappa shape index (κ1) is 15.6. The first-order valence-electron chi connectivity index (χ1n) is 4.76. The Labute approximate surface area is 94.2 Å². The number of hydrogen-bond donors (Lipinski definition) is 0. The Hall–Kier alpha value is 0.0934. The smallest absolute Gasteiger partial charge is 0.302 e. The summed E-state index contributed by atoms with van der Waals surface area (Å²) in [4.78, 5) is 10.4. The molecule has 0 rings (SSSR count). The monoisotopic (exact) mass is 236 g/mol. The minimum absolute atomic E-state index is 0. The summed E-state index contributed by atoms with van der Waals surface area (Å²) in [5.41, 5.74) is 0. The van der Waals surface area contributed by atoms with Gasteiger partial charge in [-0.15, -0.1) is 0 Å². The van der Waals surface area contributed by atoms with Crippen LogP contribution < -0.4 is 0 Å². The van der Waals surface area contributed by atoms with Crippen molar-refractivity contribution in [3.63, 3.8) is 0 Å². The fourth-order valence-electron chi connectivity index (χ4n) is 1.05. The molecule has 74 valence electrons. The molecular weight excluding hydrogens is 217 g/mol. The average molecular weight is 238 g/mol. The van der Waals surface area contributed by atoms with Crippen LogP contribution in [0.5, 0.6) is 0 Å². The maximum atomic E-state index is 10.4. The molecule has 0 unspecified atom stereocenters. The van der Waals surface area contributed by atoms with Crippen LogP contribution in [0.15, 0.2) is 0 Å². The third-order valence-corrected chi connectivity index (χ3v) is 1.73. The largest absolute Gasteiger partial charge is 0.466 e. The minimum Gasteiger partial charge on any atom is -0.466 e. The van der Waals surface area contributed by atoms with Crippen molar-refractivity contribution >= 4 is 5.97 Å². The van der Waals surface area contributed by atoms with Crippen LogP contribution in [0.25, 0.3) is 0 Å². The zero-order valence-electron chi connectivity index (χ0n) is 9.14. The van der Waals surface area contributed by atoms with E-state index in [0.29, 0.717) is 6.61 Å². The molecule has 0 heterocycles. The van der Waals surface area contributed by atoms with Gasteiger partial charge in [-0.1, -0.05) is 33.1 Å². The Morgan fingerprint density at radius 1 is 1.23 bits per heavy atom. The van der Waals surface area contributed by atoms with Gasteiger partial charge in [-0.2, -0.15) is 0 Å². The van der Waals surface area contributed by atoms with Gasteiger partial charge in [-0.05, 0) is 12.3 Å². The molecule has 0 saturated carbocycles. The molecule has 0 bridgehead atoms. The Bertz CT molecular complexity index is 124. The molecule has 0 saturated heterocycles. The second kappa shape index (κ2) is 10.2. The van der Waals surface area contributed by atoms with Crippen LogP contribution in [0.1, 0.15) is 46.5 Å². The summed E-state index contributed by atoms with van der Waals surface area (Å²) in [5.74, 6) is 0.623. The van der Waals surface area contributed by atoms with Crippen LogP contribution in [-0.4, -0.2) is 12.6 Å². The summed E-state index contributed by atoms with van der Waals surface area (Å²) in [6, 6.07) is 0. The molecule has 0 aliphatic heterocycles. The van der Waals surface area contributed by atoms with E-state index in [4.69, 9.17) is 4.74 Å². The summed E-state index contributed by atoms with van der Waals surface area (Å²) in [6.07, 6.45) is 4.71. The Balaban J connectivity index is 0. The number of hydrogen-bond acceptors (Lipinski definition) is 2. The van der Waals surface area contributed by atoms with E-state index in [1.807, 2.05) is 0 Å². The van der Waals surface area contributed by atoms with E-state index in [9.17, 15) is 4.79 Å². The molecule has 0 spiro atoms. The van der Waals surface area contributed by atoms with E-state index in [1.165, 1.54) is 26.2 Å². The van der Waals surface area contributed by atoms with Crippen molar-refractivity contribution in [2.75, 3.05) is 6.61 Å². The van der Waals surface area contributed by atoms with Gasteiger partial charge in [0.1, 0.15) is 0 Å². The number of esters is 1. The summed E-state index contributed by atoms with van der Waals surface area (Å²) in [5, 5.41) is 0. The molecule has 3 heteroatoms. The molecule has 0 aliphatic rings. The number of rotatable bonds is 6. The van der Waals surface area contributed by atoms with Gasteiger partial charge >= 0.3 is 5.97 Å². The second-order valence-electron chi connectivity index (χ2n) is 3.58. The molecule has 0 radical (unpaired) electrons. The van der Waals surface area contributed by atoms with Crippen LogP contribution in [-0.2, 0) is 29.0 Å². The van der Waals surface area contributed by atoms with E-state index < -0.39 is 0 Å². The molecule has 0 aromatic carbocycles. The first-order chi connectivity index (χ1) is 5.63. The molecule has 0 aromatic heterocycles. The molecule has 0 aromatic rings. The van der Waals surface area contributed by atoms with Crippen molar-refractivity contribution in [3.05, 3.63) is 0 Å². The Kier molecular flexibility index (Phi) is 12.2. The maximum absolute atomic E-state index is 10.4. The van der Waals surface area contributed by atoms with Crippen LogP contribution >= 0.6 is 0 Å². The summed E-state index contributed by atoms with van der Waals surface area (Å²) >= 11 is 0. The third kappa shape index (κ3) is 14.9. The number of unbranched alkanes of at least 4 members (excludes halogenated alkanes) is 2. The molecule has 0 fully saturated rings. The molecule has 0 N–H and O–H groups in total. The van der Waals surface area contributed by atoms with Crippen molar-refractivity contribution in [3.8, 4) is 0 Å². The van der Waals surface area contributed by atoms with Crippen molar-refractivity contribution in [1.82, 2.24) is 0 Å². The SMILES string of the molecule is CC(=O)OCCCCCC(C)C.[Zn]. The standard InChI is InChI=1S/C10H20O2.Zn/c1-9(2)7-5-4-6-8-12-10(3)11;/h9H,4-8H2,1-3H3;. The van der Waals surface area contributed by atoms with Gasteiger partial charge in [0.05, 0.1) is 6.61 Å². The molecular formula is C10H20O2Zn. The van der Waals surface area contributed by atoms with Crippen LogP contribution in [0.2, 0.25) is 0 Å². The first-order valence-corrected chi connectivity index (χ1v) is 4.76. The van der Waals surface area contributed by atoms with Crippen molar-refractivity contribution in [2.24, 2.45) is 5.92 Å². The van der Waals surface area contributed by atoms with Crippen LogP contribution in [0.3, 0.4) is 0 Å². The summed E-state index contributed by atoms with van der Waals surface area (Å²) in [6.45, 7) is 6.50. The summed E-state index contributed by atoms with van der Waals surface area (Å²) < 4.78 is 4.81. The Morgan fingerprint density at radius 2 is 1.85 bits per heavy atom. The number of carbonyl (C=O) groups is 1. The minimum atomic E-state index is -0.168. The predicted molar refractivity (Wildman–Crippen MR) is 49.9 cm³/mol. The van der Waals surface area contributed by atoms with Gasteiger partial charge in [0.2, 0.25) is 0 Å². The van der Waals surface area contributed by atoms with E-state index in [0.717, 1.165) is 12.3 Å². The van der Waals surface area contributed by atoms with Crippen molar-refractivity contribution < 1.29 is 29.0 Å². The number of carbonyl (C=O) groups excluding carboxylic acids is 1. The fourth-order valence-corrected chi connectivity index (χ4v) is 1.05. The zero-order valence-corrected chi connectivity index (χ0v) is 12.1. The van der Waals surface area contributed by atoms with E-state index >= 15 is 0 Å². The number of ether oxygens (including phenoxy) is 1. The van der Waals surface area contributed by atoms with Gasteiger partial charge < -0.3 is 4.74 Å². The third-order valence-electron chi connectivity index (χ3n) is 1.73. The van der Waals surface area contributed by atoms with Crippen LogP contribution in [0.4, 0.5) is 0 Å². The van der Waals surface area contributed by atoms with E-state index in [1.54, 1.807) is 0 Å². The second-order valence-corrected chi connectivity index (χ2v) is 3.58. The fraction of sp³-hybridized carbons (Fsp3) is 0.900. The van der Waals surface area contributed by atoms with Gasteiger partial charge in [0.25, 0.3) is 0 Å². The van der Waals surface area contributed by atoms with Gasteiger partial charge in [0, 0.05) is 26.4 Å². The van der Waals surface area contributed by atoms with E-state index in [2.05, 4.69) is 13.8 Å². The predicted octanol–water partition coefficient (Wildman–Crippen LogP) is 2.76. The molecule has 13 heavy (non-hydrogen) atoms. The molecule has 0 atom stereocenters. The zero-order chi connectivity index (χ0) is 9.40. The van der Waals surface area contributed by atoms with Gasteiger partial charge in [0.15, 0.2) is 0 Å². The Morgan fingerprint density at radius 3 is 2.31 bits per heavy atom. The topological polar surface area (TPSA) is 26.3 Å². The van der Waals surface area contributed by atoms with Crippen LogP contribution in [0, 0.1) is 5.92 Å². The quantitative estimate of drug-likeness (QED) is 0.403. The van der Waals surface area contributed by atoms with Crippen molar-refractivity contribution in [1.29, 1.82) is 0 Å². The molecule has 2 nitrogen and oxygen atoms in total. The molecule has 0 amide bonds. The van der Waals surface area contributed by atoms with Crippen molar-refractivity contribution in [2.45, 2.75) is 46.5 Å². The van der Waals surface area contributed by atoms with Gasteiger partial charge in [-0.3, -0.25) is 4.79 Å². The normalized spacial score (nSPS) is 9.54. The molecule has 0 aliphatic carbocycles.